The van der Waals surface area contributed by atoms with Crippen molar-refractivity contribution in [2.75, 3.05) is 7.11 Å². The number of allylic oxidation sites excluding steroid dienone is 2. The molecule has 3 rings (SSSR count). The highest BCUT2D eigenvalue weighted by molar-refractivity contribution is 5.98. The van der Waals surface area contributed by atoms with Crippen LogP contribution in [0.15, 0.2) is 11.8 Å². The lowest BCUT2D eigenvalue weighted by Gasteiger charge is -2.62. The summed E-state index contributed by atoms with van der Waals surface area (Å²) in [6, 6.07) is 0. The lowest BCUT2D eigenvalue weighted by Crippen LogP contribution is -2.60. The maximum absolute atomic E-state index is 12.6. The summed E-state index contributed by atoms with van der Waals surface area (Å²) in [7, 11) is 1.47. The third-order valence-corrected chi connectivity index (χ3v) is 7.44. The van der Waals surface area contributed by atoms with E-state index in [4.69, 9.17) is 4.74 Å². The van der Waals surface area contributed by atoms with Crippen molar-refractivity contribution in [3.63, 3.8) is 0 Å². The van der Waals surface area contributed by atoms with Crippen LogP contribution in [0.4, 0.5) is 0 Å². The first kappa shape index (κ1) is 16.5. The molecule has 0 unspecified atom stereocenters. The molecule has 23 heavy (non-hydrogen) atoms. The number of carbonyl (C=O) groups excluding carboxylic acids is 2. The fraction of sp³-hybridized carbons (Fsp3) is 0.789. The van der Waals surface area contributed by atoms with Crippen molar-refractivity contribution in [3.8, 4) is 0 Å². The van der Waals surface area contributed by atoms with Gasteiger partial charge in [0.25, 0.3) is 0 Å². The molecule has 0 aromatic heterocycles. The normalized spacial score (nSPS) is 46.4. The second-order valence-electron chi connectivity index (χ2n) is 8.48. The minimum atomic E-state index is -0.502. The molecule has 0 heterocycles. The Kier molecular flexibility index (Phi) is 3.66. The molecule has 0 aromatic carbocycles. The molecule has 4 nitrogen and oxygen atoms in total. The third kappa shape index (κ3) is 2.03. The summed E-state index contributed by atoms with van der Waals surface area (Å²) in [6.07, 6.45) is 6.86. The van der Waals surface area contributed by atoms with Crippen molar-refractivity contribution < 1.29 is 19.4 Å². The predicted octanol–water partition coefficient (Wildman–Crippen LogP) is 3.80. The lowest BCUT2D eigenvalue weighted by atomic mass is 9.41. The zero-order chi connectivity index (χ0) is 17.0. The Morgan fingerprint density at radius 2 is 1.91 bits per heavy atom. The van der Waals surface area contributed by atoms with Gasteiger partial charge in [-0.3, -0.25) is 9.59 Å². The highest BCUT2D eigenvalue weighted by Gasteiger charge is 2.64. The van der Waals surface area contributed by atoms with E-state index in [1.807, 2.05) is 13.8 Å². The van der Waals surface area contributed by atoms with Gasteiger partial charge >= 0.3 is 5.97 Å². The predicted molar refractivity (Wildman–Crippen MR) is 86.7 cm³/mol. The molecule has 0 radical (unpaired) electrons. The van der Waals surface area contributed by atoms with Crippen LogP contribution in [0.5, 0.6) is 0 Å². The zero-order valence-electron chi connectivity index (χ0n) is 14.6. The minimum Gasteiger partial charge on any atom is -0.505 e. The first-order valence-corrected chi connectivity index (χ1v) is 8.72. The largest absolute Gasteiger partial charge is 0.505 e. The molecule has 0 amide bonds. The number of hydrogen-bond acceptors (Lipinski definition) is 4. The summed E-state index contributed by atoms with van der Waals surface area (Å²) < 4.78 is 5.13. The highest BCUT2D eigenvalue weighted by Crippen LogP contribution is 2.66. The Bertz CT molecular complexity index is 580. The molecule has 0 bridgehead atoms. The molecule has 2 saturated carbocycles. The van der Waals surface area contributed by atoms with Crippen LogP contribution in [0.1, 0.15) is 59.3 Å². The van der Waals surface area contributed by atoms with E-state index in [2.05, 4.69) is 6.92 Å². The number of fused-ring (bicyclic) bond motifs is 3. The first-order valence-electron chi connectivity index (χ1n) is 8.72. The molecule has 3 aliphatic carbocycles. The molecule has 0 saturated heterocycles. The minimum absolute atomic E-state index is 0.0684. The van der Waals surface area contributed by atoms with Crippen LogP contribution in [0, 0.1) is 28.1 Å². The second-order valence-corrected chi connectivity index (χ2v) is 8.48. The molecule has 0 aromatic rings. The summed E-state index contributed by atoms with van der Waals surface area (Å²) in [4.78, 5) is 25.1. The van der Waals surface area contributed by atoms with Gasteiger partial charge in [-0.25, -0.2) is 0 Å². The van der Waals surface area contributed by atoms with E-state index >= 15 is 0 Å². The van der Waals surface area contributed by atoms with Crippen molar-refractivity contribution in [1.29, 1.82) is 0 Å². The maximum Gasteiger partial charge on any atom is 0.311 e. The van der Waals surface area contributed by atoms with Crippen LogP contribution in [0.2, 0.25) is 0 Å². The van der Waals surface area contributed by atoms with Crippen LogP contribution in [0.3, 0.4) is 0 Å². The topological polar surface area (TPSA) is 63.6 Å². The van der Waals surface area contributed by atoms with Crippen molar-refractivity contribution in [1.82, 2.24) is 0 Å². The van der Waals surface area contributed by atoms with Crippen LogP contribution < -0.4 is 0 Å². The number of aliphatic hydroxyl groups is 1. The molecule has 2 fully saturated rings. The fourth-order valence-electron chi connectivity index (χ4n) is 6.22. The van der Waals surface area contributed by atoms with Gasteiger partial charge in [-0.15, -0.1) is 0 Å². The van der Waals surface area contributed by atoms with Crippen LogP contribution in [0.25, 0.3) is 0 Å². The van der Waals surface area contributed by atoms with E-state index in [9.17, 15) is 14.7 Å². The van der Waals surface area contributed by atoms with E-state index in [1.165, 1.54) is 7.11 Å². The molecular formula is C19H28O4. The van der Waals surface area contributed by atoms with E-state index < -0.39 is 10.8 Å². The van der Waals surface area contributed by atoms with Gasteiger partial charge < -0.3 is 9.84 Å². The van der Waals surface area contributed by atoms with Crippen molar-refractivity contribution in [2.24, 2.45) is 28.1 Å². The smallest absolute Gasteiger partial charge is 0.311 e. The van der Waals surface area contributed by atoms with Crippen LogP contribution in [-0.4, -0.2) is 24.0 Å². The Labute approximate surface area is 138 Å². The van der Waals surface area contributed by atoms with E-state index in [1.54, 1.807) is 6.08 Å². The number of hydrogen-bond donors (Lipinski definition) is 1. The number of carbonyl (C=O) groups is 2. The number of methoxy groups -OCH3 is 1. The van der Waals surface area contributed by atoms with Gasteiger partial charge in [0.05, 0.1) is 12.5 Å². The molecule has 3 aliphatic rings. The van der Waals surface area contributed by atoms with Crippen molar-refractivity contribution in [3.05, 3.63) is 11.8 Å². The van der Waals surface area contributed by atoms with Crippen molar-refractivity contribution >= 4 is 11.8 Å². The number of Topliss-reactive ketones (excluding diaryl/α,β-unsaturated/α-hetero) is 1. The molecular weight excluding hydrogens is 292 g/mol. The molecule has 4 heteroatoms. The number of esters is 1. The highest BCUT2D eigenvalue weighted by atomic mass is 16.5. The summed E-state index contributed by atoms with van der Waals surface area (Å²) in [6.45, 7) is 6.31. The van der Waals surface area contributed by atoms with E-state index in [-0.39, 0.29) is 34.8 Å². The molecule has 0 aliphatic heterocycles. The SMILES string of the molecule is COC(=O)[C@@]1(C)CCC[C@]2(C)[C@H]3CC=C(O)C(=O)[C@]3(C)CC[C@H]21. The standard InChI is InChI=1S/C19H28O4/c1-17-9-5-10-19(3,16(22)23-4)14(17)8-11-18(2)13(17)7-6-12(20)15(18)21/h6,13-14,20H,5,7-11H2,1-4H3/t13-,14-,17-,18-,19+/m1/s1. The number of aliphatic hydroxyl groups excluding tert-OH is 1. The average Bonchev–Trinajstić information content (AvgIpc) is 2.50. The Morgan fingerprint density at radius 3 is 2.57 bits per heavy atom. The van der Waals surface area contributed by atoms with Crippen LogP contribution in [-0.2, 0) is 14.3 Å². The van der Waals surface area contributed by atoms with Gasteiger partial charge in [-0.1, -0.05) is 20.3 Å². The van der Waals surface area contributed by atoms with Gasteiger partial charge in [-0.2, -0.15) is 0 Å². The number of rotatable bonds is 1. The third-order valence-electron chi connectivity index (χ3n) is 7.44. The van der Waals surface area contributed by atoms with Gasteiger partial charge in [0.15, 0.2) is 5.76 Å². The van der Waals surface area contributed by atoms with E-state index in [0.717, 1.165) is 38.5 Å². The lowest BCUT2D eigenvalue weighted by molar-refractivity contribution is -0.182. The Morgan fingerprint density at radius 1 is 1.22 bits per heavy atom. The second kappa shape index (κ2) is 5.09. The quantitative estimate of drug-likeness (QED) is 0.746. The monoisotopic (exact) mass is 320 g/mol. The maximum atomic E-state index is 12.6. The van der Waals surface area contributed by atoms with Gasteiger partial charge in [0, 0.05) is 5.41 Å². The summed E-state index contributed by atoms with van der Waals surface area (Å²) in [5.74, 6) is 0.116. The van der Waals surface area contributed by atoms with Gasteiger partial charge in [-0.05, 0) is 62.4 Å². The Hall–Kier alpha value is -1.32. The average molecular weight is 320 g/mol. The summed E-state index contributed by atoms with van der Waals surface area (Å²) in [5, 5.41) is 9.93. The zero-order valence-corrected chi connectivity index (χ0v) is 14.6. The first-order chi connectivity index (χ1) is 10.7. The van der Waals surface area contributed by atoms with Gasteiger partial charge in [0.1, 0.15) is 0 Å². The van der Waals surface area contributed by atoms with Crippen molar-refractivity contribution in [2.45, 2.75) is 59.3 Å². The number of ether oxygens (including phenoxy) is 1. The Balaban J connectivity index is 2.05. The van der Waals surface area contributed by atoms with Gasteiger partial charge in [0.2, 0.25) is 5.78 Å². The fourth-order valence-corrected chi connectivity index (χ4v) is 6.22. The molecule has 1 N–H and O–H groups in total. The summed E-state index contributed by atoms with van der Waals surface area (Å²) in [5.41, 5.74) is -1.03. The molecule has 5 atom stereocenters. The molecule has 0 spiro atoms. The summed E-state index contributed by atoms with van der Waals surface area (Å²) >= 11 is 0. The molecule has 128 valence electrons. The van der Waals surface area contributed by atoms with Crippen LogP contribution >= 0.6 is 0 Å². The number of ketones is 1. The van der Waals surface area contributed by atoms with E-state index in [0.29, 0.717) is 0 Å².